The van der Waals surface area contributed by atoms with E-state index in [4.69, 9.17) is 0 Å². The number of hydrogen-bond donors (Lipinski definition) is 0. The number of rotatable bonds is 3. The molecule has 0 atom stereocenters. The molecule has 1 fully saturated rings. The monoisotopic (exact) mass is 198 g/mol. The van der Waals surface area contributed by atoms with Crippen LogP contribution in [0.25, 0.3) is 0 Å². The Hall–Kier alpha value is -0.715. The Kier molecular flexibility index (Phi) is 1.84. The Balaban J connectivity index is 1.94. The van der Waals surface area contributed by atoms with Crippen molar-refractivity contribution >= 4 is 17.6 Å². The van der Waals surface area contributed by atoms with Gasteiger partial charge in [-0.3, -0.25) is 0 Å². The summed E-state index contributed by atoms with van der Waals surface area (Å²) in [6.07, 6.45) is 5.40. The van der Waals surface area contributed by atoms with Crippen molar-refractivity contribution in [2.24, 2.45) is 0 Å². The standard InChI is InChI=1S/C14H19B/c1-4-5-11-6-7-12-13(10(11)2)15(12)14(3)8-9-14/h6-7H,4-5,8-9H2,1-3H3. The van der Waals surface area contributed by atoms with Gasteiger partial charge in [0.1, 0.15) is 0 Å². The van der Waals surface area contributed by atoms with Gasteiger partial charge in [0.25, 0.3) is 0 Å². The average molecular weight is 198 g/mol. The molecule has 0 amide bonds. The first-order valence-corrected chi connectivity index (χ1v) is 6.29. The lowest BCUT2D eigenvalue weighted by Gasteiger charge is -2.04. The first-order chi connectivity index (χ1) is 7.17. The normalized spacial score (nSPS) is 20.1. The Morgan fingerprint density at radius 3 is 2.67 bits per heavy atom. The van der Waals surface area contributed by atoms with Gasteiger partial charge in [-0.2, -0.15) is 0 Å². The molecule has 0 unspecified atom stereocenters. The van der Waals surface area contributed by atoms with E-state index in [1.165, 1.54) is 25.7 Å². The van der Waals surface area contributed by atoms with Gasteiger partial charge in [0.05, 0.1) is 0 Å². The zero-order valence-corrected chi connectivity index (χ0v) is 10.1. The van der Waals surface area contributed by atoms with E-state index in [-0.39, 0.29) is 0 Å². The molecule has 1 aromatic carbocycles. The highest BCUT2D eigenvalue weighted by atomic mass is 14.4. The zero-order chi connectivity index (χ0) is 10.6. The summed E-state index contributed by atoms with van der Waals surface area (Å²) in [5.41, 5.74) is 6.56. The highest BCUT2D eigenvalue weighted by molar-refractivity contribution is 7.05. The van der Waals surface area contributed by atoms with Gasteiger partial charge in [-0.25, -0.2) is 0 Å². The summed E-state index contributed by atoms with van der Waals surface area (Å²) in [6.45, 7) is 7.89. The average Bonchev–Trinajstić information content (AvgIpc) is 3.06. The summed E-state index contributed by atoms with van der Waals surface area (Å²) in [7, 11) is 0. The van der Waals surface area contributed by atoms with Crippen LogP contribution < -0.4 is 10.9 Å². The van der Waals surface area contributed by atoms with Crippen LogP contribution in [0.3, 0.4) is 0 Å². The van der Waals surface area contributed by atoms with Crippen molar-refractivity contribution in [2.45, 2.75) is 51.8 Å². The van der Waals surface area contributed by atoms with Crippen LogP contribution in [0.15, 0.2) is 12.1 Å². The van der Waals surface area contributed by atoms with Crippen LogP contribution in [0.2, 0.25) is 5.31 Å². The van der Waals surface area contributed by atoms with Crippen molar-refractivity contribution < 1.29 is 0 Å². The van der Waals surface area contributed by atoms with E-state index >= 15 is 0 Å². The van der Waals surface area contributed by atoms with E-state index in [0.717, 1.165) is 6.71 Å². The molecule has 1 saturated carbocycles. The molecule has 0 saturated heterocycles. The third-order valence-corrected chi connectivity index (χ3v) is 4.43. The van der Waals surface area contributed by atoms with Crippen LogP contribution in [0, 0.1) is 6.92 Å². The molecule has 1 heterocycles. The number of aryl methyl sites for hydroxylation is 1. The molecule has 3 rings (SSSR count). The van der Waals surface area contributed by atoms with Crippen molar-refractivity contribution in [3.05, 3.63) is 23.3 Å². The maximum absolute atomic E-state index is 2.45. The predicted octanol–water partition coefficient (Wildman–Crippen LogP) is 2.42. The number of benzene rings is 1. The summed E-state index contributed by atoms with van der Waals surface area (Å²) in [5.74, 6) is 0. The molecule has 0 radical (unpaired) electrons. The van der Waals surface area contributed by atoms with Crippen molar-refractivity contribution in [1.82, 2.24) is 0 Å². The van der Waals surface area contributed by atoms with Gasteiger partial charge in [0.15, 0.2) is 0 Å². The van der Waals surface area contributed by atoms with Gasteiger partial charge in [0.2, 0.25) is 6.71 Å². The molecule has 2 aliphatic rings. The minimum absolute atomic E-state index is 0.651. The third kappa shape index (κ3) is 1.29. The summed E-state index contributed by atoms with van der Waals surface area (Å²) < 4.78 is 0. The van der Waals surface area contributed by atoms with Crippen LogP contribution in [-0.4, -0.2) is 6.71 Å². The maximum Gasteiger partial charge on any atom is 0.214 e. The summed E-state index contributed by atoms with van der Waals surface area (Å²) in [5, 5.41) is 0.651. The molecule has 0 aromatic heterocycles. The molecule has 15 heavy (non-hydrogen) atoms. The topological polar surface area (TPSA) is 0 Å². The fourth-order valence-electron chi connectivity index (χ4n) is 3.10. The van der Waals surface area contributed by atoms with E-state index in [2.05, 4.69) is 32.9 Å². The van der Waals surface area contributed by atoms with Gasteiger partial charge in [-0.15, -0.1) is 0 Å². The molecule has 0 N–H and O–H groups in total. The summed E-state index contributed by atoms with van der Waals surface area (Å²) in [4.78, 5) is 0. The van der Waals surface area contributed by atoms with Gasteiger partial charge >= 0.3 is 0 Å². The van der Waals surface area contributed by atoms with Crippen LogP contribution in [0.1, 0.15) is 44.2 Å². The van der Waals surface area contributed by atoms with E-state index in [1.807, 2.05) is 0 Å². The Morgan fingerprint density at radius 1 is 1.33 bits per heavy atom. The fourth-order valence-corrected chi connectivity index (χ4v) is 3.10. The third-order valence-electron chi connectivity index (χ3n) is 4.43. The van der Waals surface area contributed by atoms with Gasteiger partial charge in [-0.1, -0.05) is 61.7 Å². The SMILES string of the molecule is CCCc1ccc2c(c1C)B2C1(C)CC1. The molecule has 1 aromatic rings. The van der Waals surface area contributed by atoms with E-state index in [9.17, 15) is 0 Å². The van der Waals surface area contributed by atoms with E-state index in [0.29, 0.717) is 5.31 Å². The maximum atomic E-state index is 2.45. The van der Waals surface area contributed by atoms with Gasteiger partial charge in [0, 0.05) is 0 Å². The molecule has 0 bridgehead atoms. The largest absolute Gasteiger partial charge is 0.214 e. The van der Waals surface area contributed by atoms with Crippen molar-refractivity contribution in [2.75, 3.05) is 0 Å². The molecule has 0 nitrogen and oxygen atoms in total. The molecule has 0 spiro atoms. The molecule has 1 heteroatoms. The zero-order valence-electron chi connectivity index (χ0n) is 10.1. The smallest absolute Gasteiger partial charge is 0.0783 e. The molecule has 78 valence electrons. The second-order valence-electron chi connectivity index (χ2n) is 5.69. The van der Waals surface area contributed by atoms with E-state index < -0.39 is 0 Å². The quantitative estimate of drug-likeness (QED) is 0.654. The lowest BCUT2D eigenvalue weighted by atomic mass is 9.50. The molecule has 1 aliphatic carbocycles. The van der Waals surface area contributed by atoms with Crippen molar-refractivity contribution in [3.8, 4) is 0 Å². The van der Waals surface area contributed by atoms with Gasteiger partial charge in [-0.05, 0) is 24.2 Å². The van der Waals surface area contributed by atoms with Crippen LogP contribution >= 0.6 is 0 Å². The van der Waals surface area contributed by atoms with Crippen LogP contribution in [0.5, 0.6) is 0 Å². The van der Waals surface area contributed by atoms with E-state index in [1.54, 1.807) is 22.1 Å². The first kappa shape index (κ1) is 9.51. The second kappa shape index (κ2) is 2.90. The number of fused-ring (bicyclic) bond motifs is 1. The lowest BCUT2D eigenvalue weighted by Crippen LogP contribution is -2.14. The molecular weight excluding hydrogens is 179 g/mol. The van der Waals surface area contributed by atoms with Crippen LogP contribution in [0.4, 0.5) is 0 Å². The first-order valence-electron chi connectivity index (χ1n) is 6.29. The minimum atomic E-state index is 0.651. The minimum Gasteiger partial charge on any atom is -0.0783 e. The van der Waals surface area contributed by atoms with Crippen molar-refractivity contribution in [1.29, 1.82) is 0 Å². The Labute approximate surface area is 93.2 Å². The predicted molar refractivity (Wildman–Crippen MR) is 67.8 cm³/mol. The number of hydrogen-bond acceptors (Lipinski definition) is 0. The van der Waals surface area contributed by atoms with Crippen LogP contribution in [-0.2, 0) is 6.42 Å². The molecule has 1 aliphatic heterocycles. The summed E-state index contributed by atoms with van der Waals surface area (Å²) in [6, 6.07) is 4.75. The van der Waals surface area contributed by atoms with Gasteiger partial charge < -0.3 is 0 Å². The Morgan fingerprint density at radius 2 is 2.07 bits per heavy atom. The second-order valence-corrected chi connectivity index (χ2v) is 5.69. The molecular formula is C14H19B. The van der Waals surface area contributed by atoms with Crippen molar-refractivity contribution in [3.63, 3.8) is 0 Å². The fraction of sp³-hybridized carbons (Fsp3) is 0.571. The highest BCUT2D eigenvalue weighted by Crippen LogP contribution is 2.57. The Bertz CT molecular complexity index is 416. The highest BCUT2D eigenvalue weighted by Gasteiger charge is 2.57. The lowest BCUT2D eigenvalue weighted by molar-refractivity contribution is 0.915. The summed E-state index contributed by atoms with van der Waals surface area (Å²) >= 11 is 0.